The number of nitrogens with zero attached hydrogens (tertiary/aromatic N) is 5. The van der Waals surface area contributed by atoms with Crippen molar-refractivity contribution in [2.45, 2.75) is 25.3 Å². The van der Waals surface area contributed by atoms with Gasteiger partial charge in [0.05, 0.1) is 24.5 Å². The Morgan fingerprint density at radius 3 is 2.54 bits per heavy atom. The van der Waals surface area contributed by atoms with E-state index in [1.165, 1.54) is 6.08 Å². The normalized spacial score (nSPS) is 20.9. The van der Waals surface area contributed by atoms with Gasteiger partial charge in [0.2, 0.25) is 11.8 Å². The third kappa shape index (κ3) is 5.39. The van der Waals surface area contributed by atoms with E-state index in [-0.39, 0.29) is 17.7 Å². The summed E-state index contributed by atoms with van der Waals surface area (Å²) in [5.74, 6) is 0.981. The summed E-state index contributed by atoms with van der Waals surface area (Å²) in [4.78, 5) is 43.8. The van der Waals surface area contributed by atoms with Gasteiger partial charge in [-0.2, -0.15) is 0 Å². The van der Waals surface area contributed by atoms with Gasteiger partial charge in [0.25, 0.3) is 0 Å². The zero-order valence-electron chi connectivity index (χ0n) is 22.1. The Bertz CT molecular complexity index is 1340. The van der Waals surface area contributed by atoms with Crippen LogP contribution in [0.1, 0.15) is 19.3 Å². The van der Waals surface area contributed by atoms with Gasteiger partial charge in [-0.05, 0) is 55.6 Å². The van der Waals surface area contributed by atoms with Gasteiger partial charge >= 0.3 is 0 Å². The molecule has 1 atom stereocenters. The number of piperidine rings is 1. The van der Waals surface area contributed by atoms with Crippen LogP contribution in [0, 0.1) is 5.92 Å². The van der Waals surface area contributed by atoms with E-state index in [0.29, 0.717) is 19.3 Å². The number of anilines is 2. The van der Waals surface area contributed by atoms with Crippen molar-refractivity contribution in [3.8, 4) is 11.3 Å². The molecule has 0 saturated carbocycles. The fourth-order valence-electron chi connectivity index (χ4n) is 6.00. The summed E-state index contributed by atoms with van der Waals surface area (Å²) in [6.07, 6.45) is 5.74. The van der Waals surface area contributed by atoms with Crippen LogP contribution >= 0.6 is 0 Å². The largest absolute Gasteiger partial charge is 0.378 e. The second-order valence-electron chi connectivity index (χ2n) is 10.5. The number of hydrogen-bond donors (Lipinski definition) is 2. The molecular formula is C29H35N7O3. The van der Waals surface area contributed by atoms with Crippen LogP contribution in [0.3, 0.4) is 0 Å². The van der Waals surface area contributed by atoms with E-state index in [1.807, 2.05) is 29.2 Å². The number of hydrogen-bond acceptors (Lipinski definition) is 7. The Kier molecular flexibility index (Phi) is 7.30. The van der Waals surface area contributed by atoms with Gasteiger partial charge < -0.3 is 24.8 Å². The van der Waals surface area contributed by atoms with E-state index < -0.39 is 0 Å². The lowest BCUT2D eigenvalue weighted by Gasteiger charge is -2.36. The fourth-order valence-corrected chi connectivity index (χ4v) is 6.00. The van der Waals surface area contributed by atoms with Crippen LogP contribution in [0.4, 0.5) is 11.5 Å². The number of carbonyl (C=O) groups excluding carboxylic acids is 2. The lowest BCUT2D eigenvalue weighted by atomic mass is 10.0. The number of nitrogens with one attached hydrogen (secondary N) is 2. The first-order valence-corrected chi connectivity index (χ1v) is 13.8. The number of rotatable bonds is 6. The van der Waals surface area contributed by atoms with E-state index in [4.69, 9.17) is 4.74 Å². The summed E-state index contributed by atoms with van der Waals surface area (Å²) in [6.45, 7) is 9.83. The topological polar surface area (TPSA) is 107 Å². The Morgan fingerprint density at radius 1 is 1.03 bits per heavy atom. The summed E-state index contributed by atoms with van der Waals surface area (Å²) in [5.41, 5.74) is 3.59. The van der Waals surface area contributed by atoms with Crippen LogP contribution in [-0.4, -0.2) is 95.1 Å². The zero-order valence-corrected chi connectivity index (χ0v) is 22.1. The van der Waals surface area contributed by atoms with Crippen LogP contribution in [0.15, 0.2) is 49.3 Å². The molecule has 6 rings (SSSR count). The number of likely N-dealkylation sites (tertiary alicyclic amines) is 2. The molecule has 3 aliphatic heterocycles. The van der Waals surface area contributed by atoms with Gasteiger partial charge in [-0.3, -0.25) is 14.5 Å². The van der Waals surface area contributed by atoms with Crippen molar-refractivity contribution in [1.82, 2.24) is 24.8 Å². The highest BCUT2D eigenvalue weighted by molar-refractivity contribution is 5.94. The molecule has 2 amide bonds. The first-order chi connectivity index (χ1) is 19.1. The van der Waals surface area contributed by atoms with E-state index in [1.54, 1.807) is 6.33 Å². The van der Waals surface area contributed by atoms with Crippen LogP contribution in [0.25, 0.3) is 22.3 Å². The predicted octanol–water partition coefficient (Wildman–Crippen LogP) is 2.90. The number of fused-ring (bicyclic) bond motifs is 1. The summed E-state index contributed by atoms with van der Waals surface area (Å²) in [7, 11) is 0. The van der Waals surface area contributed by atoms with E-state index >= 15 is 0 Å². The number of morpholine rings is 1. The molecule has 2 aromatic heterocycles. The molecule has 204 valence electrons. The van der Waals surface area contributed by atoms with Gasteiger partial charge in [0, 0.05) is 50.1 Å². The van der Waals surface area contributed by atoms with Crippen molar-refractivity contribution in [3.05, 3.63) is 49.3 Å². The molecule has 1 aromatic carbocycles. The number of benzene rings is 1. The zero-order chi connectivity index (χ0) is 26.8. The van der Waals surface area contributed by atoms with Crippen LogP contribution < -0.4 is 10.2 Å². The molecule has 0 bridgehead atoms. The molecule has 39 heavy (non-hydrogen) atoms. The maximum atomic E-state index is 13.0. The third-order valence-corrected chi connectivity index (χ3v) is 8.24. The monoisotopic (exact) mass is 529 g/mol. The van der Waals surface area contributed by atoms with E-state index in [9.17, 15) is 9.59 Å². The number of aromatic nitrogens is 3. The summed E-state index contributed by atoms with van der Waals surface area (Å²) >= 11 is 0. The Labute approximate surface area is 228 Å². The molecule has 3 aromatic rings. The molecule has 5 heterocycles. The number of carbonyl (C=O) groups is 2. The number of ether oxygens (including phenoxy) is 1. The number of H-pyrrole nitrogens is 1. The lowest BCUT2D eigenvalue weighted by Crippen LogP contribution is -2.45. The summed E-state index contributed by atoms with van der Waals surface area (Å²) < 4.78 is 5.49. The van der Waals surface area contributed by atoms with Crippen LogP contribution in [0.5, 0.6) is 0 Å². The molecule has 10 heteroatoms. The molecule has 2 N–H and O–H groups in total. The summed E-state index contributed by atoms with van der Waals surface area (Å²) in [5, 5.41) is 4.11. The molecule has 0 aliphatic carbocycles. The lowest BCUT2D eigenvalue weighted by molar-refractivity contribution is -0.127. The molecule has 0 spiro atoms. The van der Waals surface area contributed by atoms with Crippen molar-refractivity contribution in [2.75, 3.05) is 62.7 Å². The minimum absolute atomic E-state index is 0.00843. The fraction of sp³-hybridized carbons (Fsp3) is 0.448. The molecule has 10 nitrogen and oxygen atoms in total. The standard InChI is InChI=1S/C29H35N7O3/c1-2-26(37)34-11-8-23(9-12-34)36-10-7-21(18-36)29(38)32-22-5-3-20(4-6-22)25-17-24-27(33-25)30-19-31-28(24)35-13-15-39-16-14-35/h2-6,17,19,21,23H,1,7-16,18H2,(H,32,38)(H,30,31,33)/t21-/m1/s1. The van der Waals surface area contributed by atoms with Gasteiger partial charge in [-0.1, -0.05) is 18.7 Å². The van der Waals surface area contributed by atoms with Gasteiger partial charge in [0.15, 0.2) is 0 Å². The van der Waals surface area contributed by atoms with E-state index in [2.05, 4.69) is 42.7 Å². The highest BCUT2D eigenvalue weighted by Crippen LogP contribution is 2.30. The molecule has 3 saturated heterocycles. The Hall–Kier alpha value is -3.76. The van der Waals surface area contributed by atoms with Gasteiger partial charge in [0.1, 0.15) is 17.8 Å². The molecule has 0 unspecified atom stereocenters. The van der Waals surface area contributed by atoms with E-state index in [0.717, 1.165) is 92.3 Å². The third-order valence-electron chi connectivity index (χ3n) is 8.24. The Balaban J connectivity index is 1.06. The number of amides is 2. The van der Waals surface area contributed by atoms with Crippen molar-refractivity contribution < 1.29 is 14.3 Å². The first-order valence-electron chi connectivity index (χ1n) is 13.8. The average Bonchev–Trinajstić information content (AvgIpc) is 3.66. The van der Waals surface area contributed by atoms with Crippen LogP contribution in [-0.2, 0) is 14.3 Å². The van der Waals surface area contributed by atoms with Crippen molar-refractivity contribution in [3.63, 3.8) is 0 Å². The smallest absolute Gasteiger partial charge is 0.245 e. The van der Waals surface area contributed by atoms with Crippen molar-refractivity contribution in [1.29, 1.82) is 0 Å². The van der Waals surface area contributed by atoms with Gasteiger partial charge in [-0.25, -0.2) is 9.97 Å². The van der Waals surface area contributed by atoms with Crippen molar-refractivity contribution >= 4 is 34.4 Å². The maximum Gasteiger partial charge on any atom is 0.245 e. The van der Waals surface area contributed by atoms with Crippen molar-refractivity contribution in [2.24, 2.45) is 5.92 Å². The number of aromatic amines is 1. The van der Waals surface area contributed by atoms with Gasteiger partial charge in [-0.15, -0.1) is 0 Å². The molecule has 0 radical (unpaired) electrons. The summed E-state index contributed by atoms with van der Waals surface area (Å²) in [6, 6.07) is 10.5. The quantitative estimate of drug-likeness (QED) is 0.473. The minimum Gasteiger partial charge on any atom is -0.378 e. The molecule has 3 fully saturated rings. The van der Waals surface area contributed by atoms with Crippen LogP contribution in [0.2, 0.25) is 0 Å². The first kappa shape index (κ1) is 25.5. The second-order valence-corrected chi connectivity index (χ2v) is 10.5. The SMILES string of the molecule is C=CC(=O)N1CCC(N2CC[C@@H](C(=O)Nc3ccc(-c4cc5c(N6CCOCC6)ncnc5[nH]4)cc3)C2)CC1. The highest BCUT2D eigenvalue weighted by atomic mass is 16.5. The maximum absolute atomic E-state index is 13.0. The predicted molar refractivity (Wildman–Crippen MR) is 150 cm³/mol. The highest BCUT2D eigenvalue weighted by Gasteiger charge is 2.34. The Morgan fingerprint density at radius 2 is 1.79 bits per heavy atom. The minimum atomic E-state index is -0.0246. The average molecular weight is 530 g/mol. The molecular weight excluding hydrogens is 494 g/mol. The molecule has 3 aliphatic rings. The second kappa shape index (κ2) is 11.2.